The zero-order valence-corrected chi connectivity index (χ0v) is 17.5. The van der Waals surface area contributed by atoms with Crippen LogP contribution in [-0.2, 0) is 37.0 Å². The van der Waals surface area contributed by atoms with E-state index in [2.05, 4.69) is 0 Å². The minimum atomic E-state index is -0.409. The molecule has 0 amide bonds. The molecule has 0 aliphatic rings. The van der Waals surface area contributed by atoms with Crippen LogP contribution in [0.1, 0.15) is 18.2 Å². The second-order valence-electron chi connectivity index (χ2n) is 6.50. The first-order valence-corrected chi connectivity index (χ1v) is 9.55. The smallest absolute Gasteiger partial charge is 0.319 e. The predicted octanol–water partition coefficient (Wildman–Crippen LogP) is 2.04. The zero-order valence-electron chi connectivity index (χ0n) is 17.5. The summed E-state index contributed by atoms with van der Waals surface area (Å²) in [6.07, 6.45) is 0. The summed E-state index contributed by atoms with van der Waals surface area (Å²) in [7, 11) is 2.64. The van der Waals surface area contributed by atoms with Crippen LogP contribution in [0.25, 0.3) is 11.3 Å². The number of rotatable bonds is 11. The van der Waals surface area contributed by atoms with Gasteiger partial charge in [0.1, 0.15) is 0 Å². The summed E-state index contributed by atoms with van der Waals surface area (Å²) in [5.74, 6) is -0.818. The molecule has 0 spiro atoms. The van der Waals surface area contributed by atoms with Crippen molar-refractivity contribution in [1.82, 2.24) is 14.7 Å². The molecule has 0 saturated carbocycles. The van der Waals surface area contributed by atoms with Gasteiger partial charge in [-0.1, -0.05) is 30.3 Å². The van der Waals surface area contributed by atoms with Crippen molar-refractivity contribution in [3.8, 4) is 11.3 Å². The molecule has 2 rings (SSSR count). The lowest BCUT2D eigenvalue weighted by atomic mass is 10.1. The van der Waals surface area contributed by atoms with Gasteiger partial charge in [-0.3, -0.25) is 19.2 Å². The van der Waals surface area contributed by atoms with E-state index in [0.717, 1.165) is 22.5 Å². The summed E-state index contributed by atoms with van der Waals surface area (Å²) < 4.78 is 17.0. The van der Waals surface area contributed by atoms with Crippen LogP contribution in [0, 0.1) is 6.92 Å². The molecular weight excluding hydrogens is 374 g/mol. The lowest BCUT2D eigenvalue weighted by Gasteiger charge is -2.20. The van der Waals surface area contributed by atoms with E-state index in [-0.39, 0.29) is 13.1 Å². The third-order valence-corrected chi connectivity index (χ3v) is 4.62. The molecule has 0 bridgehead atoms. The summed E-state index contributed by atoms with van der Waals surface area (Å²) >= 11 is 0. The molecule has 1 aromatic carbocycles. The maximum Gasteiger partial charge on any atom is 0.319 e. The van der Waals surface area contributed by atoms with E-state index in [9.17, 15) is 9.59 Å². The van der Waals surface area contributed by atoms with Crippen LogP contribution in [0.2, 0.25) is 0 Å². The summed E-state index contributed by atoms with van der Waals surface area (Å²) in [6, 6.07) is 9.95. The number of carbonyl (C=O) groups is 2. The molecule has 29 heavy (non-hydrogen) atoms. The highest BCUT2D eigenvalue weighted by Crippen LogP contribution is 2.26. The summed E-state index contributed by atoms with van der Waals surface area (Å²) in [5.41, 5.74) is 3.92. The van der Waals surface area contributed by atoms with Gasteiger partial charge in [0.25, 0.3) is 0 Å². The van der Waals surface area contributed by atoms with Gasteiger partial charge in [0.15, 0.2) is 0 Å². The maximum absolute atomic E-state index is 11.7. The normalized spacial score (nSPS) is 10.9. The minimum absolute atomic E-state index is 0.00324. The second-order valence-corrected chi connectivity index (χ2v) is 6.50. The summed E-state index contributed by atoms with van der Waals surface area (Å²) in [4.78, 5) is 25.0. The highest BCUT2D eigenvalue weighted by molar-refractivity contribution is 5.74. The molecule has 0 atom stereocenters. The van der Waals surface area contributed by atoms with Gasteiger partial charge in [-0.2, -0.15) is 5.10 Å². The molecule has 8 heteroatoms. The molecule has 158 valence electrons. The van der Waals surface area contributed by atoms with Crippen molar-refractivity contribution in [2.24, 2.45) is 0 Å². The molecule has 0 aliphatic carbocycles. The highest BCUT2D eigenvalue weighted by Gasteiger charge is 2.19. The quantitative estimate of drug-likeness (QED) is 0.531. The lowest BCUT2D eigenvalue weighted by molar-refractivity contribution is -0.145. The Morgan fingerprint density at radius 2 is 1.69 bits per heavy atom. The number of carbonyl (C=O) groups excluding carboxylic acids is 2. The third-order valence-electron chi connectivity index (χ3n) is 4.62. The average molecular weight is 403 g/mol. The Bertz CT molecular complexity index is 786. The van der Waals surface area contributed by atoms with E-state index >= 15 is 0 Å². The molecule has 2 aromatic rings. The molecule has 8 nitrogen and oxygen atoms in total. The molecule has 1 aromatic heterocycles. The Morgan fingerprint density at radius 3 is 2.24 bits per heavy atom. The molecule has 0 unspecified atom stereocenters. The number of hydrogen-bond donors (Lipinski definition) is 0. The molecule has 0 radical (unpaired) electrons. The van der Waals surface area contributed by atoms with Crippen LogP contribution in [0.5, 0.6) is 0 Å². The summed E-state index contributed by atoms with van der Waals surface area (Å²) in [6.45, 7) is 6.00. The molecule has 0 aliphatic heterocycles. The number of nitrogens with zero attached hydrogens (tertiary/aromatic N) is 3. The average Bonchev–Trinajstić information content (AvgIpc) is 3.06. The van der Waals surface area contributed by atoms with Gasteiger partial charge in [-0.15, -0.1) is 0 Å². The number of benzene rings is 1. The first kappa shape index (κ1) is 22.6. The molecule has 1 heterocycles. The standard InChI is InChI=1S/C21H29N3O5/c1-5-29-15-18-16(2)24(22-21(18)17-9-7-6-8-10-17)12-11-23(13-19(25)27-3)14-20(26)28-4/h6-10H,5,11-15H2,1-4H3. The largest absolute Gasteiger partial charge is 0.468 e. The highest BCUT2D eigenvalue weighted by atomic mass is 16.5. The Kier molecular flexibility index (Phi) is 8.82. The van der Waals surface area contributed by atoms with Crippen LogP contribution >= 0.6 is 0 Å². The first-order chi connectivity index (χ1) is 14.0. The lowest BCUT2D eigenvalue weighted by Crippen LogP contribution is -2.37. The van der Waals surface area contributed by atoms with Crippen LogP contribution in [-0.4, -0.2) is 67.1 Å². The Morgan fingerprint density at radius 1 is 1.07 bits per heavy atom. The van der Waals surface area contributed by atoms with Gasteiger partial charge < -0.3 is 14.2 Å². The van der Waals surface area contributed by atoms with Crippen molar-refractivity contribution in [2.45, 2.75) is 27.0 Å². The number of aromatic nitrogens is 2. The van der Waals surface area contributed by atoms with Crippen molar-refractivity contribution in [2.75, 3.05) is 40.5 Å². The monoisotopic (exact) mass is 403 g/mol. The van der Waals surface area contributed by atoms with E-state index in [1.807, 2.05) is 48.9 Å². The van der Waals surface area contributed by atoms with Crippen LogP contribution in [0.15, 0.2) is 30.3 Å². The topological polar surface area (TPSA) is 82.9 Å². The first-order valence-electron chi connectivity index (χ1n) is 9.55. The Labute approximate surface area is 171 Å². The third kappa shape index (κ3) is 6.40. The Hall–Kier alpha value is -2.71. The number of ether oxygens (including phenoxy) is 3. The van der Waals surface area contributed by atoms with Crippen LogP contribution in [0.3, 0.4) is 0 Å². The van der Waals surface area contributed by atoms with Crippen molar-refractivity contribution >= 4 is 11.9 Å². The van der Waals surface area contributed by atoms with Crippen molar-refractivity contribution in [1.29, 1.82) is 0 Å². The van der Waals surface area contributed by atoms with Gasteiger partial charge in [-0.05, 0) is 13.8 Å². The summed E-state index contributed by atoms with van der Waals surface area (Å²) in [5, 5.41) is 4.78. The van der Waals surface area contributed by atoms with Crippen molar-refractivity contribution in [3.63, 3.8) is 0 Å². The fourth-order valence-corrected chi connectivity index (χ4v) is 2.95. The zero-order chi connectivity index (χ0) is 21.2. The van der Waals surface area contributed by atoms with Gasteiger partial charge in [0, 0.05) is 30.0 Å². The molecular formula is C21H29N3O5. The molecule has 0 N–H and O–H groups in total. The van der Waals surface area contributed by atoms with E-state index in [0.29, 0.717) is 26.3 Å². The number of hydrogen-bond acceptors (Lipinski definition) is 7. The molecule has 0 fully saturated rings. The Balaban J connectivity index is 2.22. The van der Waals surface area contributed by atoms with Gasteiger partial charge in [0.2, 0.25) is 0 Å². The van der Waals surface area contributed by atoms with E-state index in [1.54, 1.807) is 4.90 Å². The number of esters is 2. The fourth-order valence-electron chi connectivity index (χ4n) is 2.95. The fraction of sp³-hybridized carbons (Fsp3) is 0.476. The van der Waals surface area contributed by atoms with Crippen molar-refractivity contribution in [3.05, 3.63) is 41.6 Å². The van der Waals surface area contributed by atoms with Crippen LogP contribution < -0.4 is 0 Å². The van der Waals surface area contributed by atoms with E-state index < -0.39 is 11.9 Å². The SMILES string of the molecule is CCOCc1c(-c2ccccc2)nn(CCN(CC(=O)OC)CC(=O)OC)c1C. The number of methoxy groups -OCH3 is 2. The van der Waals surface area contributed by atoms with Gasteiger partial charge in [0.05, 0.1) is 46.2 Å². The van der Waals surface area contributed by atoms with Crippen molar-refractivity contribution < 1.29 is 23.8 Å². The predicted molar refractivity (Wildman–Crippen MR) is 108 cm³/mol. The molecule has 0 saturated heterocycles. The maximum atomic E-state index is 11.7. The van der Waals surface area contributed by atoms with Gasteiger partial charge >= 0.3 is 11.9 Å². The second kappa shape index (κ2) is 11.3. The van der Waals surface area contributed by atoms with Crippen LogP contribution in [0.4, 0.5) is 0 Å². The van der Waals surface area contributed by atoms with E-state index in [4.69, 9.17) is 19.3 Å². The van der Waals surface area contributed by atoms with Gasteiger partial charge in [-0.25, -0.2) is 0 Å². The minimum Gasteiger partial charge on any atom is -0.468 e. The van der Waals surface area contributed by atoms with E-state index in [1.165, 1.54) is 14.2 Å².